The maximum Gasteiger partial charge on any atom is 0.335 e. The second-order valence-corrected chi connectivity index (χ2v) is 6.23. The molecule has 0 unspecified atom stereocenters. The number of aryl methyl sites for hydroxylation is 1. The largest absolute Gasteiger partial charge is 0.478 e. The predicted molar refractivity (Wildman–Crippen MR) is 90.9 cm³/mol. The van der Waals surface area contributed by atoms with Gasteiger partial charge in [-0.25, -0.2) is 9.78 Å². The van der Waals surface area contributed by atoms with E-state index < -0.39 is 11.5 Å². The first kappa shape index (κ1) is 16.9. The number of amides is 1. The number of nitrogens with one attached hydrogen (secondary N) is 1. The van der Waals surface area contributed by atoms with Gasteiger partial charge in [0.15, 0.2) is 0 Å². The fourth-order valence-electron chi connectivity index (χ4n) is 3.14. The molecule has 1 amide bonds. The Morgan fingerprint density at radius 2 is 2.00 bits per heavy atom. The van der Waals surface area contributed by atoms with Crippen molar-refractivity contribution in [1.82, 2.24) is 14.9 Å². The Morgan fingerprint density at radius 1 is 1.28 bits per heavy atom. The molecule has 7 heteroatoms. The van der Waals surface area contributed by atoms with Crippen molar-refractivity contribution in [1.29, 1.82) is 0 Å². The van der Waals surface area contributed by atoms with Gasteiger partial charge < -0.3 is 15.0 Å². The lowest BCUT2D eigenvalue weighted by Gasteiger charge is -2.33. The number of aromatic carboxylic acids is 1. The smallest absolute Gasteiger partial charge is 0.335 e. The van der Waals surface area contributed by atoms with Gasteiger partial charge in [0.1, 0.15) is 11.4 Å². The summed E-state index contributed by atoms with van der Waals surface area (Å²) in [5.41, 5.74) is 0.862. The van der Waals surface area contributed by atoms with Crippen LogP contribution in [0.3, 0.4) is 0 Å². The molecule has 1 fully saturated rings. The van der Waals surface area contributed by atoms with Gasteiger partial charge >= 0.3 is 5.97 Å². The van der Waals surface area contributed by atoms with Gasteiger partial charge in [-0.3, -0.25) is 9.59 Å². The molecule has 0 saturated carbocycles. The van der Waals surface area contributed by atoms with Crippen LogP contribution in [0.15, 0.2) is 35.3 Å². The van der Waals surface area contributed by atoms with Crippen LogP contribution in [0.1, 0.15) is 50.9 Å². The van der Waals surface area contributed by atoms with E-state index in [0.717, 1.165) is 18.4 Å². The van der Waals surface area contributed by atoms with Gasteiger partial charge in [0, 0.05) is 25.2 Å². The highest BCUT2D eigenvalue weighted by molar-refractivity contribution is 5.93. The quantitative estimate of drug-likeness (QED) is 0.886. The number of carboxylic acid groups (broad SMARTS) is 1. The summed E-state index contributed by atoms with van der Waals surface area (Å²) < 4.78 is 0. The molecule has 0 bridgehead atoms. The van der Waals surface area contributed by atoms with Gasteiger partial charge in [-0.05, 0) is 37.5 Å². The first-order chi connectivity index (χ1) is 12.0. The van der Waals surface area contributed by atoms with E-state index >= 15 is 0 Å². The van der Waals surface area contributed by atoms with Gasteiger partial charge in [0.05, 0.1) is 5.56 Å². The zero-order chi connectivity index (χ0) is 18.0. The number of nitrogens with zero attached hydrogens (tertiary/aromatic N) is 2. The Kier molecular flexibility index (Phi) is 4.65. The number of benzene rings is 1. The summed E-state index contributed by atoms with van der Waals surface area (Å²) in [6.07, 6.45) is 3.06. The van der Waals surface area contributed by atoms with Crippen molar-refractivity contribution in [2.45, 2.75) is 25.7 Å². The van der Waals surface area contributed by atoms with E-state index in [0.29, 0.717) is 18.9 Å². The number of piperidine rings is 1. The number of carbonyl (C=O) groups is 2. The number of likely N-dealkylation sites (tertiary alicyclic amines) is 1. The van der Waals surface area contributed by atoms with Crippen LogP contribution in [-0.4, -0.2) is 44.9 Å². The van der Waals surface area contributed by atoms with Crippen LogP contribution in [0.5, 0.6) is 0 Å². The average molecular weight is 341 g/mol. The highest BCUT2D eigenvalue weighted by Crippen LogP contribution is 2.27. The van der Waals surface area contributed by atoms with E-state index in [1.165, 1.54) is 6.20 Å². The Morgan fingerprint density at radius 3 is 2.64 bits per heavy atom. The van der Waals surface area contributed by atoms with Crippen LogP contribution in [0, 0.1) is 6.92 Å². The minimum absolute atomic E-state index is 0.0486. The molecule has 0 aliphatic carbocycles. The molecule has 1 aliphatic heterocycles. The molecular weight excluding hydrogens is 322 g/mol. The van der Waals surface area contributed by atoms with E-state index in [9.17, 15) is 14.4 Å². The SMILES string of the molecule is Cc1ncc(C(=O)N2CCC[C@@H](c3ccc(C(=O)O)cc3)C2)c(=O)[nH]1. The summed E-state index contributed by atoms with van der Waals surface area (Å²) in [6.45, 7) is 2.75. The van der Waals surface area contributed by atoms with Crippen LogP contribution in [0.2, 0.25) is 0 Å². The van der Waals surface area contributed by atoms with Crippen LogP contribution in [-0.2, 0) is 0 Å². The maximum atomic E-state index is 12.6. The monoisotopic (exact) mass is 341 g/mol. The van der Waals surface area contributed by atoms with Gasteiger partial charge in [0.2, 0.25) is 0 Å². The fourth-order valence-corrected chi connectivity index (χ4v) is 3.14. The molecule has 1 saturated heterocycles. The van der Waals surface area contributed by atoms with Crippen LogP contribution in [0.4, 0.5) is 0 Å². The first-order valence-corrected chi connectivity index (χ1v) is 8.14. The minimum Gasteiger partial charge on any atom is -0.478 e. The van der Waals surface area contributed by atoms with E-state index in [-0.39, 0.29) is 23.0 Å². The van der Waals surface area contributed by atoms with Crippen molar-refractivity contribution in [3.63, 3.8) is 0 Å². The van der Waals surface area contributed by atoms with Crippen molar-refractivity contribution in [3.05, 3.63) is 63.3 Å². The highest BCUT2D eigenvalue weighted by atomic mass is 16.4. The van der Waals surface area contributed by atoms with Gasteiger partial charge in [-0.2, -0.15) is 0 Å². The highest BCUT2D eigenvalue weighted by Gasteiger charge is 2.27. The molecule has 3 rings (SSSR count). The molecule has 1 atom stereocenters. The molecule has 0 spiro atoms. The predicted octanol–water partition coefficient (Wildman–Crippen LogP) is 1.80. The molecule has 7 nitrogen and oxygen atoms in total. The summed E-state index contributed by atoms with van der Waals surface area (Å²) in [5, 5.41) is 8.98. The van der Waals surface area contributed by atoms with E-state index in [1.807, 2.05) is 0 Å². The van der Waals surface area contributed by atoms with Crippen molar-refractivity contribution in [3.8, 4) is 0 Å². The minimum atomic E-state index is -0.960. The van der Waals surface area contributed by atoms with Crippen molar-refractivity contribution >= 4 is 11.9 Å². The maximum absolute atomic E-state index is 12.6. The van der Waals surface area contributed by atoms with Gasteiger partial charge in [-0.1, -0.05) is 12.1 Å². The lowest BCUT2D eigenvalue weighted by atomic mass is 9.90. The van der Waals surface area contributed by atoms with Crippen molar-refractivity contribution in [2.24, 2.45) is 0 Å². The molecule has 130 valence electrons. The molecule has 2 N–H and O–H groups in total. The molecule has 0 radical (unpaired) electrons. The molecule has 1 aliphatic rings. The number of hydrogen-bond donors (Lipinski definition) is 2. The third-order valence-corrected chi connectivity index (χ3v) is 4.49. The Hall–Kier alpha value is -2.96. The molecule has 1 aromatic heterocycles. The summed E-state index contributed by atoms with van der Waals surface area (Å²) in [4.78, 5) is 43.8. The lowest BCUT2D eigenvalue weighted by Crippen LogP contribution is -2.41. The molecule has 25 heavy (non-hydrogen) atoms. The van der Waals surface area contributed by atoms with Crippen LogP contribution >= 0.6 is 0 Å². The van der Waals surface area contributed by atoms with Crippen LogP contribution < -0.4 is 5.56 Å². The molecular formula is C18H19N3O4. The molecule has 2 heterocycles. The zero-order valence-electron chi connectivity index (χ0n) is 13.9. The zero-order valence-corrected chi connectivity index (χ0v) is 13.9. The van der Waals surface area contributed by atoms with E-state index in [2.05, 4.69) is 9.97 Å². The summed E-state index contributed by atoms with van der Waals surface area (Å²) >= 11 is 0. The first-order valence-electron chi connectivity index (χ1n) is 8.14. The van der Waals surface area contributed by atoms with E-state index in [4.69, 9.17) is 5.11 Å². The lowest BCUT2D eigenvalue weighted by molar-refractivity contribution is 0.0693. The number of aromatic amines is 1. The number of carboxylic acids is 1. The van der Waals surface area contributed by atoms with Crippen molar-refractivity contribution < 1.29 is 14.7 Å². The number of H-pyrrole nitrogens is 1. The number of hydrogen-bond acceptors (Lipinski definition) is 4. The van der Waals surface area contributed by atoms with Crippen molar-refractivity contribution in [2.75, 3.05) is 13.1 Å². The van der Waals surface area contributed by atoms with Gasteiger partial charge in [-0.15, -0.1) is 0 Å². The molecule has 1 aromatic carbocycles. The summed E-state index contributed by atoms with van der Waals surface area (Å²) in [6, 6.07) is 6.74. The second-order valence-electron chi connectivity index (χ2n) is 6.23. The summed E-state index contributed by atoms with van der Waals surface area (Å²) in [5.74, 6) is -0.687. The Balaban J connectivity index is 1.77. The Bertz CT molecular complexity index is 857. The third-order valence-electron chi connectivity index (χ3n) is 4.49. The summed E-state index contributed by atoms with van der Waals surface area (Å²) in [7, 11) is 0. The Labute approximate surface area is 144 Å². The van der Waals surface area contributed by atoms with E-state index in [1.54, 1.807) is 36.1 Å². The van der Waals surface area contributed by atoms with Crippen LogP contribution in [0.25, 0.3) is 0 Å². The fraction of sp³-hybridized carbons (Fsp3) is 0.333. The standard InChI is InChI=1S/C18H19N3O4/c1-11-19-9-15(16(22)20-11)17(23)21-8-2-3-14(10-21)12-4-6-13(7-5-12)18(24)25/h4-7,9,14H,2-3,8,10H2,1H3,(H,24,25)(H,19,20,22)/t14-/m1/s1. The topological polar surface area (TPSA) is 103 Å². The normalized spacial score (nSPS) is 17.3. The number of carbonyl (C=O) groups excluding carboxylic acids is 1. The third kappa shape index (κ3) is 3.60. The average Bonchev–Trinajstić information content (AvgIpc) is 2.61. The second kappa shape index (κ2) is 6.88. The number of rotatable bonds is 3. The van der Waals surface area contributed by atoms with Gasteiger partial charge in [0.25, 0.3) is 11.5 Å². The molecule has 2 aromatic rings. The number of aromatic nitrogens is 2.